The van der Waals surface area contributed by atoms with Gasteiger partial charge in [0.15, 0.2) is 0 Å². The van der Waals surface area contributed by atoms with Crippen molar-refractivity contribution < 1.29 is 4.39 Å². The number of aromatic nitrogens is 2. The number of likely N-dealkylation sites (N-methyl/N-ethyl adjacent to an activating group) is 1. The fourth-order valence-electron chi connectivity index (χ4n) is 4.04. The Labute approximate surface area is 166 Å². The molecule has 0 saturated carbocycles. The summed E-state index contributed by atoms with van der Waals surface area (Å²) in [5.41, 5.74) is 3.43. The first-order chi connectivity index (χ1) is 13.7. The topological polar surface area (TPSA) is 24.3 Å². The van der Waals surface area contributed by atoms with E-state index in [0.717, 1.165) is 25.3 Å². The average molecular weight is 378 g/mol. The SMILES string of the molecule is CN(Cc1cnn(-c2ccc(F)cc2)c1)C[C@H]1CCCN1Cc1ccccc1. The fraction of sp³-hybridized carbons (Fsp3) is 0.348. The van der Waals surface area contributed by atoms with Crippen molar-refractivity contribution in [2.45, 2.75) is 32.0 Å². The molecule has 5 heteroatoms. The van der Waals surface area contributed by atoms with Gasteiger partial charge in [0.05, 0.1) is 11.9 Å². The van der Waals surface area contributed by atoms with E-state index >= 15 is 0 Å². The molecule has 0 amide bonds. The Hall–Kier alpha value is -2.50. The lowest BCUT2D eigenvalue weighted by molar-refractivity contribution is 0.182. The number of likely N-dealkylation sites (tertiary alicyclic amines) is 1. The lowest BCUT2D eigenvalue weighted by Crippen LogP contribution is -2.38. The number of nitrogens with zero attached hydrogens (tertiary/aromatic N) is 4. The molecule has 0 aliphatic carbocycles. The van der Waals surface area contributed by atoms with E-state index < -0.39 is 0 Å². The van der Waals surface area contributed by atoms with Gasteiger partial charge >= 0.3 is 0 Å². The highest BCUT2D eigenvalue weighted by molar-refractivity contribution is 5.31. The molecule has 3 aromatic rings. The lowest BCUT2D eigenvalue weighted by atomic mass is 10.1. The summed E-state index contributed by atoms with van der Waals surface area (Å²) < 4.78 is 14.9. The second-order valence-electron chi connectivity index (χ2n) is 7.72. The van der Waals surface area contributed by atoms with Gasteiger partial charge in [-0.05, 0) is 56.3 Å². The summed E-state index contributed by atoms with van der Waals surface area (Å²) in [6.07, 6.45) is 6.45. The third-order valence-electron chi connectivity index (χ3n) is 5.43. The smallest absolute Gasteiger partial charge is 0.123 e. The first-order valence-electron chi connectivity index (χ1n) is 9.93. The molecule has 4 nitrogen and oxygen atoms in total. The van der Waals surface area contributed by atoms with Crippen molar-refractivity contribution in [1.82, 2.24) is 19.6 Å². The molecule has 2 heterocycles. The van der Waals surface area contributed by atoms with Gasteiger partial charge < -0.3 is 4.90 Å². The third-order valence-corrected chi connectivity index (χ3v) is 5.43. The molecule has 0 spiro atoms. The Bertz CT molecular complexity index is 875. The Morgan fingerprint density at radius 2 is 1.86 bits per heavy atom. The van der Waals surface area contributed by atoms with Crippen molar-refractivity contribution in [3.63, 3.8) is 0 Å². The molecule has 1 aliphatic rings. The monoisotopic (exact) mass is 378 g/mol. The van der Waals surface area contributed by atoms with Crippen LogP contribution >= 0.6 is 0 Å². The summed E-state index contributed by atoms with van der Waals surface area (Å²) in [4.78, 5) is 4.98. The Morgan fingerprint density at radius 3 is 2.64 bits per heavy atom. The molecule has 1 fully saturated rings. The average Bonchev–Trinajstić information content (AvgIpc) is 3.33. The largest absolute Gasteiger partial charge is 0.300 e. The maximum atomic E-state index is 13.1. The van der Waals surface area contributed by atoms with Crippen LogP contribution in [-0.4, -0.2) is 45.8 Å². The van der Waals surface area contributed by atoms with Crippen molar-refractivity contribution in [3.8, 4) is 5.69 Å². The quantitative estimate of drug-likeness (QED) is 0.618. The maximum absolute atomic E-state index is 13.1. The van der Waals surface area contributed by atoms with E-state index in [4.69, 9.17) is 0 Å². The van der Waals surface area contributed by atoms with Crippen molar-refractivity contribution in [1.29, 1.82) is 0 Å². The number of hydrogen-bond acceptors (Lipinski definition) is 3. The Kier molecular flexibility index (Phi) is 5.84. The normalized spacial score (nSPS) is 17.5. The first-order valence-corrected chi connectivity index (χ1v) is 9.93. The zero-order chi connectivity index (χ0) is 19.3. The predicted octanol–water partition coefficient (Wildman–Crippen LogP) is 4.11. The zero-order valence-corrected chi connectivity index (χ0v) is 16.3. The van der Waals surface area contributed by atoms with Crippen LogP contribution in [-0.2, 0) is 13.1 Å². The number of rotatable bonds is 7. The van der Waals surface area contributed by atoms with Crippen LogP contribution in [0, 0.1) is 5.82 Å². The van der Waals surface area contributed by atoms with E-state index in [9.17, 15) is 4.39 Å². The van der Waals surface area contributed by atoms with E-state index in [-0.39, 0.29) is 5.82 Å². The molecule has 1 aliphatic heterocycles. The van der Waals surface area contributed by atoms with Gasteiger partial charge in [-0.25, -0.2) is 9.07 Å². The molecule has 2 aromatic carbocycles. The molecule has 0 unspecified atom stereocenters. The highest BCUT2D eigenvalue weighted by Gasteiger charge is 2.25. The van der Waals surface area contributed by atoms with Crippen molar-refractivity contribution >= 4 is 0 Å². The van der Waals surface area contributed by atoms with E-state index in [1.165, 1.54) is 42.6 Å². The van der Waals surface area contributed by atoms with Crippen molar-refractivity contribution in [2.24, 2.45) is 0 Å². The summed E-state index contributed by atoms with van der Waals surface area (Å²) in [5, 5.41) is 4.43. The van der Waals surface area contributed by atoms with Gasteiger partial charge in [-0.15, -0.1) is 0 Å². The van der Waals surface area contributed by atoms with Gasteiger partial charge in [0.2, 0.25) is 0 Å². The number of hydrogen-bond donors (Lipinski definition) is 0. The molecular weight excluding hydrogens is 351 g/mol. The maximum Gasteiger partial charge on any atom is 0.123 e. The van der Waals surface area contributed by atoms with Crippen LogP contribution in [0.3, 0.4) is 0 Å². The van der Waals surface area contributed by atoms with Gasteiger partial charge in [-0.2, -0.15) is 5.10 Å². The number of halogens is 1. The van der Waals surface area contributed by atoms with Crippen molar-refractivity contribution in [2.75, 3.05) is 20.1 Å². The lowest BCUT2D eigenvalue weighted by Gasteiger charge is -2.28. The van der Waals surface area contributed by atoms with E-state index in [2.05, 4.69) is 52.3 Å². The minimum atomic E-state index is -0.229. The summed E-state index contributed by atoms with van der Waals surface area (Å²) in [6, 6.07) is 17.7. The molecule has 1 aromatic heterocycles. The van der Waals surface area contributed by atoms with E-state index in [0.29, 0.717) is 6.04 Å². The summed E-state index contributed by atoms with van der Waals surface area (Å²) in [7, 11) is 2.17. The van der Waals surface area contributed by atoms with Crippen LogP contribution in [0.15, 0.2) is 67.0 Å². The van der Waals surface area contributed by atoms with Crippen LogP contribution in [0.4, 0.5) is 4.39 Å². The zero-order valence-electron chi connectivity index (χ0n) is 16.3. The summed E-state index contributed by atoms with van der Waals surface area (Å²) in [6.45, 7) is 4.11. The second-order valence-corrected chi connectivity index (χ2v) is 7.72. The Morgan fingerprint density at radius 1 is 1.07 bits per heavy atom. The predicted molar refractivity (Wildman–Crippen MR) is 110 cm³/mol. The molecule has 28 heavy (non-hydrogen) atoms. The van der Waals surface area contributed by atoms with Gasteiger partial charge in [0, 0.05) is 37.4 Å². The van der Waals surface area contributed by atoms with Crippen LogP contribution in [0.2, 0.25) is 0 Å². The van der Waals surface area contributed by atoms with Gasteiger partial charge in [0.25, 0.3) is 0 Å². The molecule has 4 rings (SSSR count). The minimum Gasteiger partial charge on any atom is -0.300 e. The third kappa shape index (κ3) is 4.66. The highest BCUT2D eigenvalue weighted by Crippen LogP contribution is 2.21. The van der Waals surface area contributed by atoms with E-state index in [1.54, 1.807) is 16.8 Å². The molecule has 1 atom stereocenters. The summed E-state index contributed by atoms with van der Waals surface area (Å²) >= 11 is 0. The van der Waals surface area contributed by atoms with E-state index in [1.807, 2.05) is 12.4 Å². The Balaban J connectivity index is 1.34. The van der Waals surface area contributed by atoms with Crippen LogP contribution in [0.5, 0.6) is 0 Å². The second kappa shape index (κ2) is 8.67. The standard InChI is InChI=1S/C23H27FN4/c1-26(15-20-14-25-28(17-20)22-11-9-21(24)10-12-22)18-23-8-5-13-27(23)16-19-6-3-2-4-7-19/h2-4,6-7,9-12,14,17,23H,5,8,13,15-16,18H2,1H3/t23-/m1/s1. The van der Waals surface area contributed by atoms with Crippen LogP contribution in [0.1, 0.15) is 24.0 Å². The highest BCUT2D eigenvalue weighted by atomic mass is 19.1. The van der Waals surface area contributed by atoms with Gasteiger partial charge in [0.1, 0.15) is 5.82 Å². The van der Waals surface area contributed by atoms with Crippen molar-refractivity contribution in [3.05, 3.63) is 83.9 Å². The van der Waals surface area contributed by atoms with Gasteiger partial charge in [-0.3, -0.25) is 4.90 Å². The molecule has 0 bridgehead atoms. The molecule has 0 N–H and O–H groups in total. The molecule has 146 valence electrons. The number of benzene rings is 2. The van der Waals surface area contributed by atoms with Gasteiger partial charge in [-0.1, -0.05) is 30.3 Å². The van der Waals surface area contributed by atoms with Crippen LogP contribution in [0.25, 0.3) is 5.69 Å². The molecule has 1 saturated heterocycles. The minimum absolute atomic E-state index is 0.229. The first kappa shape index (κ1) is 18.8. The fourth-order valence-corrected chi connectivity index (χ4v) is 4.04. The van der Waals surface area contributed by atoms with Crippen LogP contribution < -0.4 is 0 Å². The molecule has 0 radical (unpaired) electrons. The summed E-state index contributed by atoms with van der Waals surface area (Å²) in [5.74, 6) is -0.229. The molecular formula is C23H27FN4.